The van der Waals surface area contributed by atoms with Gasteiger partial charge in [0.05, 0.1) is 23.0 Å². The van der Waals surface area contributed by atoms with Crippen LogP contribution in [0.4, 0.5) is 0 Å². The topological polar surface area (TPSA) is 27.1 Å². The molecule has 3 nitrogen and oxygen atoms in total. The van der Waals surface area contributed by atoms with Crippen molar-refractivity contribution in [2.75, 3.05) is 6.61 Å². The van der Waals surface area contributed by atoms with Crippen LogP contribution in [0.1, 0.15) is 45.9 Å². The summed E-state index contributed by atoms with van der Waals surface area (Å²) in [6.07, 6.45) is 2.92. The SMILES string of the molecule is CC[C@H](C)n1ncc(Br)c1COCC(C)C. The van der Waals surface area contributed by atoms with Gasteiger partial charge in [-0.25, -0.2) is 0 Å². The molecule has 0 saturated carbocycles. The fourth-order valence-corrected chi connectivity index (χ4v) is 1.83. The van der Waals surface area contributed by atoms with Crippen LogP contribution in [-0.2, 0) is 11.3 Å². The molecule has 0 aliphatic heterocycles. The Hall–Kier alpha value is -0.350. The summed E-state index contributed by atoms with van der Waals surface area (Å²) in [7, 11) is 0. The maximum absolute atomic E-state index is 5.66. The molecule has 1 rings (SSSR count). The van der Waals surface area contributed by atoms with Crippen LogP contribution in [0.3, 0.4) is 0 Å². The maximum atomic E-state index is 5.66. The smallest absolute Gasteiger partial charge is 0.0896 e. The first-order valence-corrected chi connectivity index (χ1v) is 6.65. The lowest BCUT2D eigenvalue weighted by Gasteiger charge is -2.14. The van der Waals surface area contributed by atoms with E-state index in [2.05, 4.69) is 48.7 Å². The predicted octanol–water partition coefficient (Wildman–Crippen LogP) is 3.79. The van der Waals surface area contributed by atoms with E-state index in [0.717, 1.165) is 23.2 Å². The zero-order chi connectivity index (χ0) is 12.1. The largest absolute Gasteiger partial charge is 0.375 e. The third-order valence-electron chi connectivity index (χ3n) is 2.55. The van der Waals surface area contributed by atoms with E-state index in [9.17, 15) is 0 Å². The molecule has 4 heteroatoms. The molecule has 0 aliphatic rings. The highest BCUT2D eigenvalue weighted by Crippen LogP contribution is 2.22. The summed E-state index contributed by atoms with van der Waals surface area (Å²) in [6.45, 7) is 10.1. The molecular formula is C12H21BrN2O. The van der Waals surface area contributed by atoms with E-state index in [-0.39, 0.29) is 0 Å². The van der Waals surface area contributed by atoms with Gasteiger partial charge < -0.3 is 4.74 Å². The molecule has 92 valence electrons. The molecule has 0 radical (unpaired) electrons. The molecule has 0 spiro atoms. The van der Waals surface area contributed by atoms with E-state index >= 15 is 0 Å². The zero-order valence-electron chi connectivity index (χ0n) is 10.5. The first-order chi connectivity index (χ1) is 7.56. The molecule has 0 N–H and O–H groups in total. The predicted molar refractivity (Wildman–Crippen MR) is 69.4 cm³/mol. The van der Waals surface area contributed by atoms with Gasteiger partial charge in [-0.3, -0.25) is 4.68 Å². The van der Waals surface area contributed by atoms with Crippen LogP contribution in [0.2, 0.25) is 0 Å². The lowest BCUT2D eigenvalue weighted by atomic mass is 10.2. The summed E-state index contributed by atoms with van der Waals surface area (Å²) in [5, 5.41) is 4.37. The summed E-state index contributed by atoms with van der Waals surface area (Å²) in [5.41, 5.74) is 1.13. The number of aromatic nitrogens is 2. The minimum Gasteiger partial charge on any atom is -0.375 e. The van der Waals surface area contributed by atoms with Gasteiger partial charge in [-0.15, -0.1) is 0 Å². The van der Waals surface area contributed by atoms with Gasteiger partial charge in [0.25, 0.3) is 0 Å². The Kier molecular flexibility index (Phi) is 5.49. The number of hydrogen-bond donors (Lipinski definition) is 0. The van der Waals surface area contributed by atoms with Gasteiger partial charge >= 0.3 is 0 Å². The van der Waals surface area contributed by atoms with E-state index in [1.807, 2.05) is 10.9 Å². The average Bonchev–Trinajstić information content (AvgIpc) is 2.59. The number of hydrogen-bond acceptors (Lipinski definition) is 2. The molecular weight excluding hydrogens is 268 g/mol. The second-order valence-electron chi connectivity index (χ2n) is 4.55. The number of halogens is 1. The van der Waals surface area contributed by atoms with Crippen molar-refractivity contribution in [3.63, 3.8) is 0 Å². The summed E-state index contributed by atoms with van der Waals surface area (Å²) < 4.78 is 8.75. The van der Waals surface area contributed by atoms with Crippen molar-refractivity contribution in [3.8, 4) is 0 Å². The molecule has 1 aromatic rings. The Bertz CT molecular complexity index is 323. The van der Waals surface area contributed by atoms with E-state index in [4.69, 9.17) is 4.74 Å². The van der Waals surface area contributed by atoms with E-state index in [1.54, 1.807) is 0 Å². The summed E-state index contributed by atoms with van der Waals surface area (Å²) in [6, 6.07) is 0.420. The normalized spacial score (nSPS) is 13.4. The monoisotopic (exact) mass is 288 g/mol. The molecule has 0 saturated heterocycles. The molecule has 0 bridgehead atoms. The fourth-order valence-electron chi connectivity index (χ4n) is 1.45. The van der Waals surface area contributed by atoms with Crippen molar-refractivity contribution in [2.45, 2.75) is 46.8 Å². The van der Waals surface area contributed by atoms with E-state index < -0.39 is 0 Å². The number of nitrogens with zero attached hydrogens (tertiary/aromatic N) is 2. The maximum Gasteiger partial charge on any atom is 0.0896 e. The Labute approximate surface area is 106 Å². The van der Waals surface area contributed by atoms with Gasteiger partial charge in [0.15, 0.2) is 0 Å². The van der Waals surface area contributed by atoms with Gasteiger partial charge in [-0.2, -0.15) is 5.10 Å². The van der Waals surface area contributed by atoms with Crippen LogP contribution >= 0.6 is 15.9 Å². The molecule has 0 aromatic carbocycles. The second-order valence-corrected chi connectivity index (χ2v) is 5.40. The van der Waals surface area contributed by atoms with Gasteiger partial charge in [-0.1, -0.05) is 20.8 Å². The Morgan fingerprint density at radius 3 is 2.69 bits per heavy atom. The fraction of sp³-hybridized carbons (Fsp3) is 0.750. The van der Waals surface area contributed by atoms with E-state index in [1.165, 1.54) is 0 Å². The lowest BCUT2D eigenvalue weighted by molar-refractivity contribution is 0.0905. The van der Waals surface area contributed by atoms with Crippen molar-refractivity contribution in [3.05, 3.63) is 16.4 Å². The molecule has 0 fully saturated rings. The number of ether oxygens (including phenoxy) is 1. The summed E-state index contributed by atoms with van der Waals surface area (Å²) in [4.78, 5) is 0. The van der Waals surface area contributed by atoms with Crippen LogP contribution in [0.5, 0.6) is 0 Å². The second kappa shape index (κ2) is 6.40. The first kappa shape index (κ1) is 13.7. The molecule has 16 heavy (non-hydrogen) atoms. The van der Waals surface area contributed by atoms with Crippen LogP contribution in [0, 0.1) is 5.92 Å². The summed E-state index contributed by atoms with van der Waals surface area (Å²) in [5.74, 6) is 0.568. The highest BCUT2D eigenvalue weighted by molar-refractivity contribution is 9.10. The summed E-state index contributed by atoms with van der Waals surface area (Å²) >= 11 is 3.52. The van der Waals surface area contributed by atoms with Gasteiger partial charge in [-0.05, 0) is 35.2 Å². The van der Waals surface area contributed by atoms with E-state index in [0.29, 0.717) is 18.6 Å². The van der Waals surface area contributed by atoms with Crippen LogP contribution in [-0.4, -0.2) is 16.4 Å². The molecule has 1 aromatic heterocycles. The van der Waals surface area contributed by atoms with Gasteiger partial charge in [0.2, 0.25) is 0 Å². The minimum absolute atomic E-state index is 0.420. The third-order valence-corrected chi connectivity index (χ3v) is 3.21. The molecule has 1 atom stereocenters. The number of rotatable bonds is 6. The Balaban J connectivity index is 2.66. The Morgan fingerprint density at radius 1 is 1.44 bits per heavy atom. The van der Waals surface area contributed by atoms with Crippen LogP contribution in [0.15, 0.2) is 10.7 Å². The van der Waals surface area contributed by atoms with Crippen molar-refractivity contribution < 1.29 is 4.74 Å². The van der Waals surface area contributed by atoms with Crippen LogP contribution < -0.4 is 0 Å². The average molecular weight is 289 g/mol. The van der Waals surface area contributed by atoms with Crippen molar-refractivity contribution in [1.82, 2.24) is 9.78 Å². The molecule has 0 amide bonds. The molecule has 0 aliphatic carbocycles. The third kappa shape index (κ3) is 3.59. The first-order valence-electron chi connectivity index (χ1n) is 5.85. The van der Waals surface area contributed by atoms with Crippen molar-refractivity contribution in [1.29, 1.82) is 0 Å². The van der Waals surface area contributed by atoms with Crippen LogP contribution in [0.25, 0.3) is 0 Å². The van der Waals surface area contributed by atoms with Crippen molar-refractivity contribution >= 4 is 15.9 Å². The lowest BCUT2D eigenvalue weighted by Crippen LogP contribution is -2.12. The van der Waals surface area contributed by atoms with Gasteiger partial charge in [0.1, 0.15) is 0 Å². The van der Waals surface area contributed by atoms with Gasteiger partial charge in [0, 0.05) is 12.6 Å². The standard InChI is InChI=1S/C12H21BrN2O/c1-5-10(4)15-12(11(13)6-14-15)8-16-7-9(2)3/h6,9-10H,5,7-8H2,1-4H3/t10-/m0/s1. The Morgan fingerprint density at radius 2 is 2.12 bits per heavy atom. The molecule has 1 heterocycles. The molecule has 0 unspecified atom stereocenters. The minimum atomic E-state index is 0.420. The quantitative estimate of drug-likeness (QED) is 0.796. The zero-order valence-corrected chi connectivity index (χ0v) is 12.1. The highest BCUT2D eigenvalue weighted by Gasteiger charge is 2.13. The highest BCUT2D eigenvalue weighted by atomic mass is 79.9. The van der Waals surface area contributed by atoms with Crippen molar-refractivity contribution in [2.24, 2.45) is 5.92 Å².